The van der Waals surface area contributed by atoms with Gasteiger partial charge in [-0.3, -0.25) is 0 Å². The lowest BCUT2D eigenvalue weighted by atomic mass is 10.3. The van der Waals surface area contributed by atoms with Crippen molar-refractivity contribution in [1.82, 2.24) is 4.72 Å². The molecule has 0 bridgehead atoms. The number of carbonyl (C=O) groups excluding carboxylic acids is 1. The van der Waals surface area contributed by atoms with E-state index in [1.54, 1.807) is 12.1 Å². The molecule has 0 aliphatic carbocycles. The van der Waals surface area contributed by atoms with Crippen molar-refractivity contribution >= 4 is 16.0 Å². The summed E-state index contributed by atoms with van der Waals surface area (Å²) in [5.74, 6) is -0.701. The minimum Gasteiger partial charge on any atom is -0.422 e. The molecule has 0 saturated carbocycles. The first-order chi connectivity index (χ1) is 9.01. The van der Waals surface area contributed by atoms with Crippen molar-refractivity contribution in [1.29, 1.82) is 0 Å². The van der Waals surface area contributed by atoms with Crippen molar-refractivity contribution in [3.8, 4) is 5.75 Å². The molecular weight excluding hydrogens is 266 g/mol. The highest BCUT2D eigenvalue weighted by atomic mass is 32.2. The van der Waals surface area contributed by atoms with Crippen LogP contribution in [0.2, 0.25) is 0 Å². The minimum absolute atomic E-state index is 0.00333. The number of carbonyl (C=O) groups is 1. The summed E-state index contributed by atoms with van der Waals surface area (Å²) in [4.78, 5) is 11.1. The van der Waals surface area contributed by atoms with E-state index in [1.165, 1.54) is 12.1 Å². The molecule has 0 aliphatic heterocycles. The van der Waals surface area contributed by atoms with Crippen molar-refractivity contribution in [2.45, 2.75) is 24.7 Å². The van der Waals surface area contributed by atoms with Crippen LogP contribution in [0.25, 0.3) is 0 Å². The zero-order chi connectivity index (χ0) is 14.3. The van der Waals surface area contributed by atoms with Gasteiger partial charge >= 0.3 is 5.97 Å². The van der Waals surface area contributed by atoms with Crippen LogP contribution in [0.5, 0.6) is 5.75 Å². The summed E-state index contributed by atoms with van der Waals surface area (Å²) >= 11 is 0. The van der Waals surface area contributed by atoms with Crippen LogP contribution in [-0.4, -0.2) is 20.9 Å². The number of rotatable bonds is 7. The predicted molar refractivity (Wildman–Crippen MR) is 72.4 cm³/mol. The van der Waals surface area contributed by atoms with Crippen molar-refractivity contribution < 1.29 is 17.9 Å². The van der Waals surface area contributed by atoms with Gasteiger partial charge in [0.25, 0.3) is 0 Å². The molecule has 0 atom stereocenters. The number of ether oxygens (including phenoxy) is 1. The molecule has 0 radical (unpaired) electrons. The van der Waals surface area contributed by atoms with Crippen molar-refractivity contribution in [2.24, 2.45) is 0 Å². The van der Waals surface area contributed by atoms with Crippen molar-refractivity contribution in [2.75, 3.05) is 6.54 Å². The molecule has 1 aromatic carbocycles. The molecule has 1 aromatic rings. The average molecular weight is 283 g/mol. The van der Waals surface area contributed by atoms with Gasteiger partial charge in [0, 0.05) is 12.6 Å². The Bertz CT molecular complexity index is 552. The second-order valence-electron chi connectivity index (χ2n) is 3.82. The number of hydrogen-bond acceptors (Lipinski definition) is 4. The monoisotopic (exact) mass is 283 g/mol. The number of esters is 1. The summed E-state index contributed by atoms with van der Waals surface area (Å²) in [5.41, 5.74) is 0. The van der Waals surface area contributed by atoms with Gasteiger partial charge < -0.3 is 4.74 Å². The van der Waals surface area contributed by atoms with Gasteiger partial charge in [0.2, 0.25) is 10.0 Å². The Labute approximate surface area is 113 Å². The molecule has 1 N–H and O–H groups in total. The normalized spacial score (nSPS) is 11.0. The third-order valence-electron chi connectivity index (χ3n) is 2.34. The summed E-state index contributed by atoms with van der Waals surface area (Å²) in [5, 5.41) is 0. The number of para-hydroxylation sites is 1. The lowest BCUT2D eigenvalue weighted by Gasteiger charge is -2.10. The van der Waals surface area contributed by atoms with Gasteiger partial charge in [-0.15, -0.1) is 0 Å². The van der Waals surface area contributed by atoms with E-state index in [1.807, 2.05) is 6.92 Å². The highest BCUT2D eigenvalue weighted by Gasteiger charge is 2.19. The predicted octanol–water partition coefficient (Wildman–Crippen LogP) is 1.86. The second-order valence-corrected chi connectivity index (χ2v) is 5.56. The minimum atomic E-state index is -3.68. The number of unbranched alkanes of at least 4 members (excludes halogenated alkanes) is 1. The lowest BCUT2D eigenvalue weighted by Crippen LogP contribution is -2.25. The molecule has 19 heavy (non-hydrogen) atoms. The van der Waals surface area contributed by atoms with Crippen LogP contribution in [0.3, 0.4) is 0 Å². The third kappa shape index (κ3) is 4.50. The fourth-order valence-corrected chi connectivity index (χ4v) is 2.57. The van der Waals surface area contributed by atoms with E-state index in [-0.39, 0.29) is 10.6 Å². The molecular formula is C13H17NO4S. The Kier molecular flexibility index (Phi) is 5.72. The summed E-state index contributed by atoms with van der Waals surface area (Å²) in [6, 6.07) is 5.98. The summed E-state index contributed by atoms with van der Waals surface area (Å²) in [7, 11) is -3.68. The standard InChI is InChI=1S/C13H17NO4S/c1-3-5-10-14-19(16,17)12-9-7-6-8-11(12)18-13(15)4-2/h4,6-9,14H,2-3,5,10H2,1H3. The first-order valence-electron chi connectivity index (χ1n) is 5.94. The van der Waals surface area contributed by atoms with Gasteiger partial charge in [-0.1, -0.05) is 32.1 Å². The van der Waals surface area contributed by atoms with Gasteiger partial charge in [-0.25, -0.2) is 17.9 Å². The summed E-state index contributed by atoms with van der Waals surface area (Å²) in [6.45, 7) is 5.59. The molecule has 6 heteroatoms. The SMILES string of the molecule is C=CC(=O)Oc1ccccc1S(=O)(=O)NCCCC. The first kappa shape index (κ1) is 15.4. The van der Waals surface area contributed by atoms with E-state index in [0.29, 0.717) is 6.54 Å². The average Bonchev–Trinajstić information content (AvgIpc) is 2.39. The topological polar surface area (TPSA) is 72.5 Å². The smallest absolute Gasteiger partial charge is 0.335 e. The molecule has 0 fully saturated rings. The van der Waals surface area contributed by atoms with Crippen LogP contribution >= 0.6 is 0 Å². The van der Waals surface area contributed by atoms with Crippen LogP contribution in [0, 0.1) is 0 Å². The fraction of sp³-hybridized carbons (Fsp3) is 0.308. The Balaban J connectivity index is 2.98. The molecule has 0 saturated heterocycles. The maximum Gasteiger partial charge on any atom is 0.335 e. The fourth-order valence-electron chi connectivity index (χ4n) is 1.37. The second kappa shape index (κ2) is 7.06. The van der Waals surface area contributed by atoms with Gasteiger partial charge in [0.05, 0.1) is 0 Å². The Hall–Kier alpha value is -1.66. The van der Waals surface area contributed by atoms with Crippen LogP contribution in [0.4, 0.5) is 0 Å². The van der Waals surface area contributed by atoms with E-state index in [9.17, 15) is 13.2 Å². The molecule has 0 aliphatic rings. The van der Waals surface area contributed by atoms with Crippen LogP contribution in [-0.2, 0) is 14.8 Å². The third-order valence-corrected chi connectivity index (χ3v) is 3.84. The van der Waals surface area contributed by atoms with Crippen molar-refractivity contribution in [3.63, 3.8) is 0 Å². The molecule has 1 rings (SSSR count). The van der Waals surface area contributed by atoms with E-state index in [4.69, 9.17) is 4.74 Å². The van der Waals surface area contributed by atoms with Gasteiger partial charge in [-0.05, 0) is 18.6 Å². The van der Waals surface area contributed by atoms with E-state index < -0.39 is 16.0 Å². The van der Waals surface area contributed by atoms with Crippen LogP contribution < -0.4 is 9.46 Å². The zero-order valence-electron chi connectivity index (χ0n) is 10.8. The van der Waals surface area contributed by atoms with Gasteiger partial charge in [-0.2, -0.15) is 0 Å². The van der Waals surface area contributed by atoms with E-state index in [0.717, 1.165) is 18.9 Å². The molecule has 5 nitrogen and oxygen atoms in total. The number of hydrogen-bond donors (Lipinski definition) is 1. The van der Waals surface area contributed by atoms with Gasteiger partial charge in [0.1, 0.15) is 4.90 Å². The lowest BCUT2D eigenvalue weighted by molar-refractivity contribution is -0.129. The van der Waals surface area contributed by atoms with E-state index >= 15 is 0 Å². The maximum absolute atomic E-state index is 12.1. The molecule has 0 heterocycles. The van der Waals surface area contributed by atoms with E-state index in [2.05, 4.69) is 11.3 Å². The summed E-state index contributed by atoms with van der Waals surface area (Å²) in [6.07, 6.45) is 2.61. The molecule has 104 valence electrons. The highest BCUT2D eigenvalue weighted by Crippen LogP contribution is 2.23. The Morgan fingerprint density at radius 1 is 1.42 bits per heavy atom. The van der Waals surface area contributed by atoms with Crippen molar-refractivity contribution in [3.05, 3.63) is 36.9 Å². The van der Waals surface area contributed by atoms with Crippen LogP contribution in [0.15, 0.2) is 41.8 Å². The molecule has 0 amide bonds. The molecule has 0 aromatic heterocycles. The largest absolute Gasteiger partial charge is 0.422 e. The molecule has 0 unspecified atom stereocenters. The number of nitrogens with one attached hydrogen (secondary N) is 1. The first-order valence-corrected chi connectivity index (χ1v) is 7.42. The number of benzene rings is 1. The van der Waals surface area contributed by atoms with Gasteiger partial charge in [0.15, 0.2) is 5.75 Å². The Morgan fingerprint density at radius 3 is 2.74 bits per heavy atom. The Morgan fingerprint density at radius 2 is 2.11 bits per heavy atom. The van der Waals surface area contributed by atoms with Crippen LogP contribution in [0.1, 0.15) is 19.8 Å². The summed E-state index contributed by atoms with van der Waals surface area (Å²) < 4.78 is 31.5. The zero-order valence-corrected chi connectivity index (χ0v) is 11.6. The molecule has 0 spiro atoms. The highest BCUT2D eigenvalue weighted by molar-refractivity contribution is 7.89. The quantitative estimate of drug-likeness (QED) is 0.359. The maximum atomic E-state index is 12.1. The number of sulfonamides is 1.